The number of hydrogen-bond acceptors (Lipinski definition) is 2. The number of rotatable bonds is 3. The molecule has 0 spiro atoms. The van der Waals surface area contributed by atoms with Gasteiger partial charge >= 0.3 is 0 Å². The van der Waals surface area contributed by atoms with Crippen LogP contribution in [0.5, 0.6) is 5.75 Å². The number of nitrogens with one attached hydrogen (secondary N) is 1. The number of hydrogen-bond donors (Lipinski definition) is 2. The normalized spacial score (nSPS) is 10.2. The number of phenolic OH excluding ortho intramolecular Hbond substituents is 1. The molecular weight excluding hydrogens is 210 g/mol. The molecule has 0 aliphatic rings. The molecule has 2 aromatic carbocycles. The van der Waals surface area contributed by atoms with Crippen molar-refractivity contribution >= 4 is 5.69 Å². The number of aromatic hydroxyl groups is 1. The first-order valence-corrected chi connectivity index (χ1v) is 5.75. The second-order valence-electron chi connectivity index (χ2n) is 4.29. The quantitative estimate of drug-likeness (QED) is 0.839. The van der Waals surface area contributed by atoms with Gasteiger partial charge in [0.2, 0.25) is 0 Å². The summed E-state index contributed by atoms with van der Waals surface area (Å²) < 4.78 is 0. The topological polar surface area (TPSA) is 32.3 Å². The highest BCUT2D eigenvalue weighted by atomic mass is 16.3. The van der Waals surface area contributed by atoms with E-state index >= 15 is 0 Å². The first-order chi connectivity index (χ1) is 8.16. The molecule has 0 aliphatic heterocycles. The smallest absolute Gasteiger partial charge is 0.120 e. The van der Waals surface area contributed by atoms with Crippen LogP contribution >= 0.6 is 0 Å². The lowest BCUT2D eigenvalue weighted by Crippen LogP contribution is -2.01. The molecule has 0 aromatic heterocycles. The molecule has 0 radical (unpaired) electrons. The minimum atomic E-state index is 0.339. The standard InChI is InChI=1S/C15H17NO/c1-11-8-12(2)15(17)9-14(11)16-10-13-6-4-3-5-7-13/h3-9,16-17H,10H2,1-2H3. The second kappa shape index (κ2) is 4.91. The van der Waals surface area contributed by atoms with Crippen LogP contribution in [0.2, 0.25) is 0 Å². The van der Waals surface area contributed by atoms with Gasteiger partial charge in [-0.25, -0.2) is 0 Å². The summed E-state index contributed by atoms with van der Waals surface area (Å²) in [6.07, 6.45) is 0. The van der Waals surface area contributed by atoms with E-state index in [2.05, 4.69) is 17.4 Å². The molecule has 0 saturated carbocycles. The highest BCUT2D eigenvalue weighted by Crippen LogP contribution is 2.25. The summed E-state index contributed by atoms with van der Waals surface area (Å²) in [4.78, 5) is 0. The van der Waals surface area contributed by atoms with Gasteiger partial charge in [0.1, 0.15) is 5.75 Å². The van der Waals surface area contributed by atoms with Crippen molar-refractivity contribution in [2.45, 2.75) is 20.4 Å². The molecule has 0 unspecified atom stereocenters. The fraction of sp³-hybridized carbons (Fsp3) is 0.200. The van der Waals surface area contributed by atoms with Crippen molar-refractivity contribution in [3.63, 3.8) is 0 Å². The van der Waals surface area contributed by atoms with Crippen LogP contribution < -0.4 is 5.32 Å². The van der Waals surface area contributed by atoms with E-state index in [0.29, 0.717) is 5.75 Å². The number of anilines is 1. The van der Waals surface area contributed by atoms with E-state index < -0.39 is 0 Å². The van der Waals surface area contributed by atoms with Gasteiger partial charge in [-0.05, 0) is 30.5 Å². The van der Waals surface area contributed by atoms with Crippen molar-refractivity contribution < 1.29 is 5.11 Å². The second-order valence-corrected chi connectivity index (χ2v) is 4.29. The summed E-state index contributed by atoms with van der Waals surface area (Å²) in [5, 5.41) is 13.0. The van der Waals surface area contributed by atoms with Gasteiger partial charge in [0.05, 0.1) is 0 Å². The van der Waals surface area contributed by atoms with E-state index in [1.807, 2.05) is 38.1 Å². The Bertz CT molecular complexity index is 506. The van der Waals surface area contributed by atoms with Gasteiger partial charge in [0.25, 0.3) is 0 Å². The Morgan fingerprint density at radius 1 is 1.00 bits per heavy atom. The molecule has 2 N–H and O–H groups in total. The van der Waals surface area contributed by atoms with Crippen molar-refractivity contribution in [3.05, 3.63) is 59.2 Å². The van der Waals surface area contributed by atoms with Crippen LogP contribution in [0.25, 0.3) is 0 Å². The predicted molar refractivity (Wildman–Crippen MR) is 71.3 cm³/mol. The minimum Gasteiger partial charge on any atom is -0.508 e. The van der Waals surface area contributed by atoms with Crippen LogP contribution in [0, 0.1) is 13.8 Å². The maximum absolute atomic E-state index is 9.68. The molecule has 0 heterocycles. The molecule has 2 aromatic rings. The third kappa shape index (κ3) is 2.78. The van der Waals surface area contributed by atoms with Crippen molar-refractivity contribution in [1.82, 2.24) is 0 Å². The van der Waals surface area contributed by atoms with Crippen LogP contribution in [-0.2, 0) is 6.54 Å². The van der Waals surface area contributed by atoms with Gasteiger partial charge in [-0.3, -0.25) is 0 Å². The third-order valence-electron chi connectivity index (χ3n) is 2.87. The zero-order valence-electron chi connectivity index (χ0n) is 10.2. The molecule has 88 valence electrons. The van der Waals surface area contributed by atoms with E-state index in [-0.39, 0.29) is 0 Å². The van der Waals surface area contributed by atoms with Gasteiger partial charge in [0, 0.05) is 18.3 Å². The van der Waals surface area contributed by atoms with E-state index in [9.17, 15) is 5.11 Å². The molecular formula is C15H17NO. The highest BCUT2D eigenvalue weighted by molar-refractivity contribution is 5.57. The van der Waals surface area contributed by atoms with Crippen LogP contribution in [0.3, 0.4) is 0 Å². The summed E-state index contributed by atoms with van der Waals surface area (Å²) >= 11 is 0. The molecule has 0 amide bonds. The average Bonchev–Trinajstić information content (AvgIpc) is 2.33. The predicted octanol–water partition coefficient (Wildman–Crippen LogP) is 3.62. The zero-order valence-corrected chi connectivity index (χ0v) is 10.2. The lowest BCUT2D eigenvalue weighted by Gasteiger charge is -2.11. The van der Waals surface area contributed by atoms with Gasteiger partial charge < -0.3 is 10.4 Å². The first kappa shape index (κ1) is 11.5. The minimum absolute atomic E-state index is 0.339. The maximum Gasteiger partial charge on any atom is 0.120 e. The molecule has 0 fully saturated rings. The number of phenols is 1. The van der Waals surface area contributed by atoms with Crippen molar-refractivity contribution in [3.8, 4) is 5.75 Å². The largest absolute Gasteiger partial charge is 0.508 e. The Hall–Kier alpha value is -1.96. The lowest BCUT2D eigenvalue weighted by molar-refractivity contribution is 0.471. The molecule has 2 nitrogen and oxygen atoms in total. The monoisotopic (exact) mass is 227 g/mol. The molecule has 0 atom stereocenters. The molecule has 0 aliphatic carbocycles. The summed E-state index contributed by atoms with van der Waals surface area (Å²) in [5.74, 6) is 0.339. The summed E-state index contributed by atoms with van der Waals surface area (Å²) in [5.41, 5.74) is 4.27. The average molecular weight is 227 g/mol. The fourth-order valence-corrected chi connectivity index (χ4v) is 1.82. The first-order valence-electron chi connectivity index (χ1n) is 5.75. The van der Waals surface area contributed by atoms with Crippen LogP contribution in [0.15, 0.2) is 42.5 Å². The maximum atomic E-state index is 9.68. The SMILES string of the molecule is Cc1cc(C)c(NCc2ccccc2)cc1O. The number of benzene rings is 2. The van der Waals surface area contributed by atoms with Crippen molar-refractivity contribution in [1.29, 1.82) is 0 Å². The van der Waals surface area contributed by atoms with E-state index in [1.54, 1.807) is 6.07 Å². The molecule has 2 heteroatoms. The lowest BCUT2D eigenvalue weighted by atomic mass is 10.1. The Kier molecular flexibility index (Phi) is 3.33. The summed E-state index contributed by atoms with van der Waals surface area (Å²) in [6, 6.07) is 14.0. The van der Waals surface area contributed by atoms with E-state index in [1.165, 1.54) is 5.56 Å². The van der Waals surface area contributed by atoms with Gasteiger partial charge in [-0.1, -0.05) is 36.4 Å². The van der Waals surface area contributed by atoms with Crippen molar-refractivity contribution in [2.24, 2.45) is 0 Å². The third-order valence-corrected chi connectivity index (χ3v) is 2.87. The zero-order chi connectivity index (χ0) is 12.3. The van der Waals surface area contributed by atoms with Gasteiger partial charge in [0.15, 0.2) is 0 Å². The molecule has 0 saturated heterocycles. The molecule has 0 bridgehead atoms. The number of aryl methyl sites for hydroxylation is 2. The van der Waals surface area contributed by atoms with Crippen molar-refractivity contribution in [2.75, 3.05) is 5.32 Å². The molecule has 2 rings (SSSR count). The Balaban J connectivity index is 2.12. The summed E-state index contributed by atoms with van der Waals surface area (Å²) in [7, 11) is 0. The van der Waals surface area contributed by atoms with Crippen LogP contribution in [-0.4, -0.2) is 5.11 Å². The fourth-order valence-electron chi connectivity index (χ4n) is 1.82. The highest BCUT2D eigenvalue weighted by Gasteiger charge is 2.03. The van der Waals surface area contributed by atoms with Crippen LogP contribution in [0.4, 0.5) is 5.69 Å². The Morgan fingerprint density at radius 2 is 1.71 bits per heavy atom. The Labute approximate surface area is 102 Å². The summed E-state index contributed by atoms with van der Waals surface area (Å²) in [6.45, 7) is 4.72. The van der Waals surface area contributed by atoms with E-state index in [4.69, 9.17) is 0 Å². The van der Waals surface area contributed by atoms with Gasteiger partial charge in [-0.2, -0.15) is 0 Å². The van der Waals surface area contributed by atoms with E-state index in [0.717, 1.165) is 23.4 Å². The molecule has 17 heavy (non-hydrogen) atoms. The van der Waals surface area contributed by atoms with Crippen LogP contribution in [0.1, 0.15) is 16.7 Å². The Morgan fingerprint density at radius 3 is 2.41 bits per heavy atom. The van der Waals surface area contributed by atoms with Gasteiger partial charge in [-0.15, -0.1) is 0 Å².